The molecule has 0 spiro atoms. The Hall–Kier alpha value is -1.24. The van der Waals surface area contributed by atoms with E-state index in [0.717, 1.165) is 17.0 Å². The van der Waals surface area contributed by atoms with E-state index in [9.17, 15) is 23.1 Å². The molecule has 19 heavy (non-hydrogen) atoms. The molecule has 106 valence electrons. The van der Waals surface area contributed by atoms with Gasteiger partial charge in [-0.25, -0.2) is 4.79 Å². The van der Waals surface area contributed by atoms with Crippen molar-refractivity contribution in [1.29, 1.82) is 0 Å². The van der Waals surface area contributed by atoms with Gasteiger partial charge in [0, 0.05) is 15.7 Å². The first-order chi connectivity index (χ1) is 8.43. The number of alkyl halides is 3. The normalized spacial score (nSPS) is 12.4. The minimum Gasteiger partial charge on any atom is -0.465 e. The molecule has 1 aromatic rings. The third-order valence-electron chi connectivity index (χ3n) is 2.33. The third kappa shape index (κ3) is 3.86. The van der Waals surface area contributed by atoms with Crippen molar-refractivity contribution in [2.45, 2.75) is 32.5 Å². The van der Waals surface area contributed by atoms with Crippen molar-refractivity contribution < 1.29 is 23.1 Å². The number of hydrogen-bond donors (Lipinski definition) is 1. The van der Waals surface area contributed by atoms with Crippen LogP contribution in [-0.2, 0) is 6.18 Å². The van der Waals surface area contributed by atoms with Gasteiger partial charge in [0.15, 0.2) is 0 Å². The second kappa shape index (κ2) is 5.03. The highest BCUT2D eigenvalue weighted by atomic mass is 79.9. The molecule has 0 aliphatic rings. The summed E-state index contributed by atoms with van der Waals surface area (Å²) in [7, 11) is 0. The number of rotatable bonds is 1. The average Bonchev–Trinajstić information content (AvgIpc) is 2.11. The minimum atomic E-state index is -4.53. The van der Waals surface area contributed by atoms with Gasteiger partial charge in [0.2, 0.25) is 0 Å². The summed E-state index contributed by atoms with van der Waals surface area (Å²) >= 11 is 2.97. The molecule has 0 unspecified atom stereocenters. The minimum absolute atomic E-state index is 0.0262. The topological polar surface area (TPSA) is 40.5 Å². The summed E-state index contributed by atoms with van der Waals surface area (Å²) in [5.41, 5.74) is -1.77. The molecule has 1 amide bonds. The highest BCUT2D eigenvalue weighted by molar-refractivity contribution is 9.10. The zero-order valence-corrected chi connectivity index (χ0v) is 12.1. The fourth-order valence-corrected chi connectivity index (χ4v) is 2.13. The Morgan fingerprint density at radius 1 is 1.21 bits per heavy atom. The van der Waals surface area contributed by atoms with Crippen molar-refractivity contribution in [2.75, 3.05) is 4.90 Å². The number of carbonyl (C=O) groups is 1. The molecule has 0 aliphatic heterocycles. The van der Waals surface area contributed by atoms with Gasteiger partial charge in [0.1, 0.15) is 0 Å². The van der Waals surface area contributed by atoms with Crippen LogP contribution in [-0.4, -0.2) is 16.7 Å². The fraction of sp³-hybridized carbons (Fsp3) is 0.417. The van der Waals surface area contributed by atoms with E-state index in [4.69, 9.17) is 0 Å². The Morgan fingerprint density at radius 2 is 1.74 bits per heavy atom. The summed E-state index contributed by atoms with van der Waals surface area (Å²) in [5, 5.41) is 9.18. The molecule has 0 atom stereocenters. The van der Waals surface area contributed by atoms with Crippen LogP contribution in [0, 0.1) is 0 Å². The molecule has 0 saturated heterocycles. The van der Waals surface area contributed by atoms with Gasteiger partial charge in [-0.3, -0.25) is 4.90 Å². The van der Waals surface area contributed by atoms with E-state index in [-0.39, 0.29) is 10.2 Å². The molecule has 0 aliphatic carbocycles. The zero-order chi connectivity index (χ0) is 15.0. The van der Waals surface area contributed by atoms with Gasteiger partial charge >= 0.3 is 12.3 Å². The van der Waals surface area contributed by atoms with Crippen molar-refractivity contribution in [3.05, 3.63) is 28.2 Å². The molecule has 7 heteroatoms. The van der Waals surface area contributed by atoms with Gasteiger partial charge in [0.25, 0.3) is 0 Å². The number of carboxylic acid groups (broad SMARTS) is 1. The van der Waals surface area contributed by atoms with Crippen LogP contribution in [0.3, 0.4) is 0 Å². The van der Waals surface area contributed by atoms with Gasteiger partial charge in [0.05, 0.1) is 5.56 Å². The van der Waals surface area contributed by atoms with E-state index in [1.807, 2.05) is 0 Å². The number of hydrogen-bond acceptors (Lipinski definition) is 1. The molecular formula is C12H13BrF3NO2. The van der Waals surface area contributed by atoms with Crippen molar-refractivity contribution in [2.24, 2.45) is 0 Å². The van der Waals surface area contributed by atoms with E-state index >= 15 is 0 Å². The lowest BCUT2D eigenvalue weighted by atomic mass is 10.0. The maximum Gasteiger partial charge on any atom is 0.416 e. The molecule has 0 bridgehead atoms. The standard InChI is InChI=1S/C12H13BrF3NO2/c1-11(2,3)17(10(18)19)9-5-7(12(14,15)16)4-8(13)6-9/h4-6H,1-3H3,(H,18,19). The van der Waals surface area contributed by atoms with Gasteiger partial charge in [-0.1, -0.05) is 15.9 Å². The lowest BCUT2D eigenvalue weighted by Gasteiger charge is -2.33. The maximum absolute atomic E-state index is 12.7. The maximum atomic E-state index is 12.7. The Morgan fingerprint density at radius 3 is 2.11 bits per heavy atom. The zero-order valence-electron chi connectivity index (χ0n) is 10.5. The summed E-state index contributed by atoms with van der Waals surface area (Å²) in [4.78, 5) is 12.1. The van der Waals surface area contributed by atoms with Crippen LogP contribution in [0.2, 0.25) is 0 Å². The molecule has 3 nitrogen and oxygen atoms in total. The molecule has 1 rings (SSSR count). The highest BCUT2D eigenvalue weighted by Crippen LogP contribution is 2.36. The Balaban J connectivity index is 3.41. The largest absolute Gasteiger partial charge is 0.465 e. The number of anilines is 1. The Kier molecular flexibility index (Phi) is 4.19. The van der Waals surface area contributed by atoms with E-state index in [0.29, 0.717) is 0 Å². The molecule has 0 heterocycles. The second-order valence-corrected chi connectivity index (χ2v) is 5.90. The lowest BCUT2D eigenvalue weighted by Crippen LogP contribution is -2.45. The summed E-state index contributed by atoms with van der Waals surface area (Å²) < 4.78 is 38.3. The van der Waals surface area contributed by atoms with Crippen LogP contribution < -0.4 is 4.90 Å². The molecule has 0 fully saturated rings. The summed E-state index contributed by atoms with van der Waals surface area (Å²) in [6.45, 7) is 4.82. The number of benzene rings is 1. The lowest BCUT2D eigenvalue weighted by molar-refractivity contribution is -0.137. The van der Waals surface area contributed by atoms with E-state index in [1.165, 1.54) is 6.07 Å². The van der Waals surface area contributed by atoms with Gasteiger partial charge < -0.3 is 5.11 Å². The summed E-state index contributed by atoms with van der Waals surface area (Å²) in [6, 6.07) is 3.07. The molecule has 0 radical (unpaired) electrons. The molecular weight excluding hydrogens is 327 g/mol. The smallest absolute Gasteiger partial charge is 0.416 e. The van der Waals surface area contributed by atoms with Crippen molar-refractivity contribution in [3.8, 4) is 0 Å². The average molecular weight is 340 g/mol. The monoisotopic (exact) mass is 339 g/mol. The number of amides is 1. The fourth-order valence-electron chi connectivity index (χ4n) is 1.65. The van der Waals surface area contributed by atoms with Gasteiger partial charge in [-0.2, -0.15) is 13.2 Å². The van der Waals surface area contributed by atoms with Crippen molar-refractivity contribution in [1.82, 2.24) is 0 Å². The first kappa shape index (κ1) is 15.8. The van der Waals surface area contributed by atoms with Crippen molar-refractivity contribution >= 4 is 27.7 Å². The molecule has 1 N–H and O–H groups in total. The van der Waals surface area contributed by atoms with E-state index in [2.05, 4.69) is 15.9 Å². The molecule has 0 aromatic heterocycles. The van der Waals surface area contributed by atoms with Crippen LogP contribution in [0.5, 0.6) is 0 Å². The molecule has 1 aromatic carbocycles. The number of nitrogens with zero attached hydrogens (tertiary/aromatic N) is 1. The van der Waals surface area contributed by atoms with Crippen LogP contribution >= 0.6 is 15.9 Å². The van der Waals surface area contributed by atoms with Gasteiger partial charge in [-0.15, -0.1) is 0 Å². The van der Waals surface area contributed by atoms with Crippen LogP contribution in [0.1, 0.15) is 26.3 Å². The predicted molar refractivity (Wildman–Crippen MR) is 69.4 cm³/mol. The van der Waals surface area contributed by atoms with Gasteiger partial charge in [-0.05, 0) is 39.0 Å². The van der Waals surface area contributed by atoms with E-state index < -0.39 is 23.4 Å². The van der Waals surface area contributed by atoms with Crippen LogP contribution in [0.15, 0.2) is 22.7 Å². The third-order valence-corrected chi connectivity index (χ3v) is 2.79. The van der Waals surface area contributed by atoms with Crippen LogP contribution in [0.4, 0.5) is 23.7 Å². The number of halogens is 4. The Labute approximate surface area is 117 Å². The first-order valence-electron chi connectivity index (χ1n) is 5.34. The Bertz CT molecular complexity index is 495. The first-order valence-corrected chi connectivity index (χ1v) is 6.13. The SMILES string of the molecule is CC(C)(C)N(C(=O)O)c1cc(Br)cc(C(F)(F)F)c1. The van der Waals surface area contributed by atoms with Crippen molar-refractivity contribution in [3.63, 3.8) is 0 Å². The van der Waals surface area contributed by atoms with Crippen LogP contribution in [0.25, 0.3) is 0 Å². The quantitative estimate of drug-likeness (QED) is 0.801. The highest BCUT2D eigenvalue weighted by Gasteiger charge is 2.34. The summed E-state index contributed by atoms with van der Waals surface area (Å²) in [6.07, 6.45) is -5.83. The predicted octanol–water partition coefficient (Wildman–Crippen LogP) is 4.75. The molecule has 0 saturated carbocycles. The van der Waals surface area contributed by atoms with E-state index in [1.54, 1.807) is 20.8 Å². The second-order valence-electron chi connectivity index (χ2n) is 4.98. The summed E-state index contributed by atoms with van der Waals surface area (Å²) in [5.74, 6) is 0.